The predicted octanol–water partition coefficient (Wildman–Crippen LogP) is 3.26. The lowest BCUT2D eigenvalue weighted by Gasteiger charge is -2.13. The van der Waals surface area contributed by atoms with Gasteiger partial charge in [-0.25, -0.2) is 0 Å². The number of ether oxygens (including phenoxy) is 1. The minimum absolute atomic E-state index is 0.579. The number of benzene rings is 1. The second kappa shape index (κ2) is 5.64. The van der Waals surface area contributed by atoms with Crippen LogP contribution in [0, 0.1) is 5.92 Å². The third-order valence-corrected chi connectivity index (χ3v) is 2.70. The molecule has 0 aromatic heterocycles. The quantitative estimate of drug-likeness (QED) is 0.752. The van der Waals surface area contributed by atoms with E-state index in [9.17, 15) is 0 Å². The molecule has 0 aliphatic heterocycles. The van der Waals surface area contributed by atoms with Gasteiger partial charge in [0.15, 0.2) is 0 Å². The molecule has 0 saturated carbocycles. The summed E-state index contributed by atoms with van der Waals surface area (Å²) in [6.07, 6.45) is 2.14. The number of hydrogen-bond acceptors (Lipinski definition) is 2. The van der Waals surface area contributed by atoms with Crippen LogP contribution in [0.5, 0.6) is 5.75 Å². The van der Waals surface area contributed by atoms with Gasteiger partial charge in [-0.05, 0) is 30.0 Å². The molecule has 0 radical (unpaired) electrons. The zero-order valence-electron chi connectivity index (χ0n) is 9.92. The van der Waals surface area contributed by atoms with Crippen molar-refractivity contribution < 1.29 is 4.74 Å². The fraction of sp³-hybridized carbons (Fsp3) is 0.538. The van der Waals surface area contributed by atoms with Crippen molar-refractivity contribution in [3.63, 3.8) is 0 Å². The summed E-state index contributed by atoms with van der Waals surface area (Å²) in [5.41, 5.74) is 7.90. The molecule has 0 spiro atoms. The molecular weight excluding hydrogens is 186 g/mol. The highest BCUT2D eigenvalue weighted by molar-refractivity contribution is 5.54. The van der Waals surface area contributed by atoms with Gasteiger partial charge in [-0.15, -0.1) is 0 Å². The number of aryl methyl sites for hydroxylation is 1. The van der Waals surface area contributed by atoms with Crippen molar-refractivity contribution in [2.75, 3.05) is 12.3 Å². The molecule has 2 N–H and O–H groups in total. The largest absolute Gasteiger partial charge is 0.491 e. The number of anilines is 1. The van der Waals surface area contributed by atoms with Crippen molar-refractivity contribution in [1.29, 1.82) is 0 Å². The molecule has 0 amide bonds. The molecule has 0 fully saturated rings. The summed E-state index contributed by atoms with van der Waals surface area (Å²) in [7, 11) is 0. The van der Waals surface area contributed by atoms with Gasteiger partial charge in [-0.1, -0.05) is 33.3 Å². The Kier molecular flexibility index (Phi) is 4.47. The zero-order valence-corrected chi connectivity index (χ0v) is 9.92. The lowest BCUT2D eigenvalue weighted by molar-refractivity contribution is 0.258. The second-order valence-electron chi connectivity index (χ2n) is 4.05. The van der Waals surface area contributed by atoms with Crippen LogP contribution < -0.4 is 10.5 Å². The Bertz CT molecular complexity index is 309. The van der Waals surface area contributed by atoms with E-state index in [1.165, 1.54) is 5.56 Å². The zero-order chi connectivity index (χ0) is 11.3. The van der Waals surface area contributed by atoms with Crippen LogP contribution in [0.2, 0.25) is 0 Å². The molecule has 1 aromatic rings. The number of nitrogens with two attached hydrogens (primary N) is 1. The summed E-state index contributed by atoms with van der Waals surface area (Å²) in [4.78, 5) is 0. The molecule has 15 heavy (non-hydrogen) atoms. The number of rotatable bonds is 5. The van der Waals surface area contributed by atoms with E-state index < -0.39 is 0 Å². The van der Waals surface area contributed by atoms with Crippen LogP contribution >= 0.6 is 0 Å². The van der Waals surface area contributed by atoms with Gasteiger partial charge in [0.25, 0.3) is 0 Å². The predicted molar refractivity (Wildman–Crippen MR) is 65.2 cm³/mol. The van der Waals surface area contributed by atoms with Crippen LogP contribution in [-0.2, 0) is 6.42 Å². The topological polar surface area (TPSA) is 35.2 Å². The third-order valence-electron chi connectivity index (χ3n) is 2.70. The van der Waals surface area contributed by atoms with Gasteiger partial charge in [0.2, 0.25) is 0 Å². The first-order valence-electron chi connectivity index (χ1n) is 5.68. The molecule has 1 atom stereocenters. The highest BCUT2D eigenvalue weighted by Crippen LogP contribution is 2.23. The molecular formula is C13H21NO. The maximum absolute atomic E-state index is 5.90. The van der Waals surface area contributed by atoms with Gasteiger partial charge >= 0.3 is 0 Å². The summed E-state index contributed by atoms with van der Waals surface area (Å²) in [5.74, 6) is 1.39. The molecule has 0 aliphatic rings. The maximum Gasteiger partial charge on any atom is 0.142 e. The van der Waals surface area contributed by atoms with E-state index >= 15 is 0 Å². The summed E-state index contributed by atoms with van der Waals surface area (Å²) in [5, 5.41) is 0. The Labute approximate surface area is 92.4 Å². The summed E-state index contributed by atoms with van der Waals surface area (Å²) in [6.45, 7) is 7.20. The standard InChI is InChI=1S/C13H21NO/c1-4-10(3)9-15-13-7-6-11(5-2)8-12(13)14/h6-8,10H,4-5,9,14H2,1-3H3. The molecule has 0 bridgehead atoms. The van der Waals surface area contributed by atoms with E-state index in [0.29, 0.717) is 5.92 Å². The maximum atomic E-state index is 5.90. The van der Waals surface area contributed by atoms with E-state index in [2.05, 4.69) is 26.8 Å². The van der Waals surface area contributed by atoms with E-state index in [0.717, 1.165) is 30.9 Å². The van der Waals surface area contributed by atoms with Crippen molar-refractivity contribution in [3.05, 3.63) is 23.8 Å². The first-order valence-corrected chi connectivity index (χ1v) is 5.68. The normalized spacial score (nSPS) is 12.5. The van der Waals surface area contributed by atoms with Gasteiger partial charge in [0.05, 0.1) is 12.3 Å². The monoisotopic (exact) mass is 207 g/mol. The molecule has 2 nitrogen and oxygen atoms in total. The minimum atomic E-state index is 0.579. The van der Waals surface area contributed by atoms with Gasteiger partial charge < -0.3 is 10.5 Å². The molecule has 1 rings (SSSR count). The number of nitrogen functional groups attached to an aromatic ring is 1. The summed E-state index contributed by atoms with van der Waals surface area (Å²) < 4.78 is 5.66. The molecule has 0 aliphatic carbocycles. The highest BCUT2D eigenvalue weighted by Gasteiger charge is 2.04. The van der Waals surface area contributed by atoms with E-state index in [-0.39, 0.29) is 0 Å². The second-order valence-corrected chi connectivity index (χ2v) is 4.05. The van der Waals surface area contributed by atoms with Gasteiger partial charge in [0.1, 0.15) is 5.75 Å². The van der Waals surface area contributed by atoms with E-state index in [1.54, 1.807) is 0 Å². The molecule has 1 aromatic carbocycles. The lowest BCUT2D eigenvalue weighted by atomic mass is 10.1. The smallest absolute Gasteiger partial charge is 0.142 e. The molecule has 0 saturated heterocycles. The number of hydrogen-bond donors (Lipinski definition) is 1. The summed E-state index contributed by atoms with van der Waals surface area (Å²) >= 11 is 0. The first kappa shape index (κ1) is 11.9. The molecule has 2 heteroatoms. The average Bonchev–Trinajstić information content (AvgIpc) is 2.26. The SMILES string of the molecule is CCc1ccc(OCC(C)CC)c(N)c1. The fourth-order valence-corrected chi connectivity index (χ4v) is 1.30. The molecule has 0 heterocycles. The van der Waals surface area contributed by atoms with Crippen LogP contribution in [0.1, 0.15) is 32.8 Å². The lowest BCUT2D eigenvalue weighted by Crippen LogP contribution is -2.08. The van der Waals surface area contributed by atoms with E-state index in [1.807, 2.05) is 12.1 Å². The van der Waals surface area contributed by atoms with Crippen LogP contribution in [0.15, 0.2) is 18.2 Å². The Balaban J connectivity index is 2.62. The van der Waals surface area contributed by atoms with Gasteiger partial charge in [-0.2, -0.15) is 0 Å². The minimum Gasteiger partial charge on any atom is -0.491 e. The third kappa shape index (κ3) is 3.46. The van der Waals surface area contributed by atoms with Gasteiger partial charge in [0, 0.05) is 0 Å². The fourth-order valence-electron chi connectivity index (χ4n) is 1.30. The van der Waals surface area contributed by atoms with Crippen LogP contribution in [-0.4, -0.2) is 6.61 Å². The van der Waals surface area contributed by atoms with Crippen LogP contribution in [0.25, 0.3) is 0 Å². The Morgan fingerprint density at radius 3 is 2.60 bits per heavy atom. The molecule has 1 unspecified atom stereocenters. The van der Waals surface area contributed by atoms with E-state index in [4.69, 9.17) is 10.5 Å². The van der Waals surface area contributed by atoms with Crippen molar-refractivity contribution in [2.24, 2.45) is 5.92 Å². The van der Waals surface area contributed by atoms with Crippen molar-refractivity contribution in [1.82, 2.24) is 0 Å². The Hall–Kier alpha value is -1.18. The summed E-state index contributed by atoms with van der Waals surface area (Å²) in [6, 6.07) is 6.03. The molecule has 84 valence electrons. The highest BCUT2D eigenvalue weighted by atomic mass is 16.5. The van der Waals surface area contributed by atoms with Crippen LogP contribution in [0.4, 0.5) is 5.69 Å². The Morgan fingerprint density at radius 2 is 2.07 bits per heavy atom. The van der Waals surface area contributed by atoms with Crippen molar-refractivity contribution >= 4 is 5.69 Å². The Morgan fingerprint density at radius 1 is 1.33 bits per heavy atom. The van der Waals surface area contributed by atoms with Gasteiger partial charge in [-0.3, -0.25) is 0 Å². The first-order chi connectivity index (χ1) is 7.17. The average molecular weight is 207 g/mol. The van der Waals surface area contributed by atoms with Crippen molar-refractivity contribution in [2.45, 2.75) is 33.6 Å². The van der Waals surface area contributed by atoms with Crippen LogP contribution in [0.3, 0.4) is 0 Å². The van der Waals surface area contributed by atoms with Crippen molar-refractivity contribution in [3.8, 4) is 5.75 Å².